The lowest BCUT2D eigenvalue weighted by Gasteiger charge is -2.06. The van der Waals surface area contributed by atoms with Crippen molar-refractivity contribution in [2.24, 2.45) is 5.73 Å². The Morgan fingerprint density at radius 3 is 2.64 bits per heavy atom. The summed E-state index contributed by atoms with van der Waals surface area (Å²) in [6.07, 6.45) is 0.778. The quantitative estimate of drug-likeness (QED) is 0.808. The molecular formula is C10H16ClNO2. The van der Waals surface area contributed by atoms with E-state index in [9.17, 15) is 5.11 Å². The molecule has 0 aromatic heterocycles. The first kappa shape index (κ1) is 13.1. The van der Waals surface area contributed by atoms with E-state index in [2.05, 4.69) is 0 Å². The predicted molar refractivity (Wildman–Crippen MR) is 59.3 cm³/mol. The van der Waals surface area contributed by atoms with Crippen LogP contribution in [0.25, 0.3) is 0 Å². The summed E-state index contributed by atoms with van der Waals surface area (Å²) >= 11 is 0. The molecular weight excluding hydrogens is 202 g/mol. The zero-order valence-electron chi connectivity index (χ0n) is 8.19. The summed E-state index contributed by atoms with van der Waals surface area (Å²) in [5, 5.41) is 9.48. The monoisotopic (exact) mass is 217 g/mol. The van der Waals surface area contributed by atoms with E-state index >= 15 is 0 Å². The van der Waals surface area contributed by atoms with E-state index < -0.39 is 0 Å². The van der Waals surface area contributed by atoms with E-state index in [1.165, 1.54) is 0 Å². The number of benzene rings is 1. The first-order chi connectivity index (χ1) is 6.27. The average molecular weight is 218 g/mol. The van der Waals surface area contributed by atoms with Crippen LogP contribution in [0.15, 0.2) is 18.2 Å². The van der Waals surface area contributed by atoms with Crippen molar-refractivity contribution in [1.29, 1.82) is 0 Å². The summed E-state index contributed by atoms with van der Waals surface area (Å²) in [4.78, 5) is 0. The highest BCUT2D eigenvalue weighted by atomic mass is 35.5. The molecule has 4 heteroatoms. The van der Waals surface area contributed by atoms with Gasteiger partial charge in [-0.1, -0.05) is 6.07 Å². The van der Waals surface area contributed by atoms with E-state index in [1.807, 2.05) is 13.0 Å². The molecule has 0 aliphatic heterocycles. The maximum Gasteiger partial charge on any atom is 0.160 e. The summed E-state index contributed by atoms with van der Waals surface area (Å²) in [6, 6.07) is 5.37. The van der Waals surface area contributed by atoms with Crippen molar-refractivity contribution >= 4 is 12.4 Å². The van der Waals surface area contributed by atoms with Crippen LogP contribution < -0.4 is 10.5 Å². The van der Waals surface area contributed by atoms with Crippen LogP contribution in [-0.2, 0) is 6.42 Å². The second-order valence-corrected chi connectivity index (χ2v) is 2.77. The van der Waals surface area contributed by atoms with Crippen LogP contribution in [0, 0.1) is 0 Å². The van der Waals surface area contributed by atoms with E-state index in [4.69, 9.17) is 10.5 Å². The Morgan fingerprint density at radius 1 is 1.43 bits per heavy atom. The van der Waals surface area contributed by atoms with Crippen molar-refractivity contribution in [3.8, 4) is 11.5 Å². The molecule has 1 aromatic rings. The molecule has 0 spiro atoms. The smallest absolute Gasteiger partial charge is 0.160 e. The van der Waals surface area contributed by atoms with Gasteiger partial charge in [-0.2, -0.15) is 0 Å². The maximum absolute atomic E-state index is 9.48. The van der Waals surface area contributed by atoms with Crippen LogP contribution in [0.1, 0.15) is 12.5 Å². The fourth-order valence-corrected chi connectivity index (χ4v) is 1.16. The van der Waals surface area contributed by atoms with Gasteiger partial charge in [0.2, 0.25) is 0 Å². The molecule has 0 saturated heterocycles. The molecule has 0 amide bonds. The first-order valence-corrected chi connectivity index (χ1v) is 4.42. The highest BCUT2D eigenvalue weighted by Crippen LogP contribution is 2.26. The fraction of sp³-hybridized carbons (Fsp3) is 0.400. The van der Waals surface area contributed by atoms with Crippen LogP contribution in [0.3, 0.4) is 0 Å². The van der Waals surface area contributed by atoms with Gasteiger partial charge in [0.05, 0.1) is 6.61 Å². The van der Waals surface area contributed by atoms with Crippen molar-refractivity contribution in [3.63, 3.8) is 0 Å². The topological polar surface area (TPSA) is 55.5 Å². The van der Waals surface area contributed by atoms with Gasteiger partial charge in [-0.25, -0.2) is 0 Å². The minimum Gasteiger partial charge on any atom is -0.504 e. The van der Waals surface area contributed by atoms with Crippen molar-refractivity contribution in [1.82, 2.24) is 0 Å². The van der Waals surface area contributed by atoms with Crippen LogP contribution in [-0.4, -0.2) is 18.3 Å². The lowest BCUT2D eigenvalue weighted by Crippen LogP contribution is -2.02. The third-order valence-electron chi connectivity index (χ3n) is 1.76. The van der Waals surface area contributed by atoms with E-state index in [-0.39, 0.29) is 18.2 Å². The van der Waals surface area contributed by atoms with Gasteiger partial charge in [-0.05, 0) is 37.6 Å². The van der Waals surface area contributed by atoms with Gasteiger partial charge in [-0.15, -0.1) is 12.4 Å². The summed E-state index contributed by atoms with van der Waals surface area (Å²) < 4.78 is 5.19. The SMILES string of the molecule is CCOc1ccc(CCN)cc1O.Cl. The predicted octanol–water partition coefficient (Wildman–Crippen LogP) is 1.71. The van der Waals surface area contributed by atoms with Crippen LogP contribution in [0.5, 0.6) is 11.5 Å². The number of aromatic hydroxyl groups is 1. The Hall–Kier alpha value is -0.930. The molecule has 0 radical (unpaired) electrons. The Bertz CT molecular complexity index is 279. The van der Waals surface area contributed by atoms with E-state index in [1.54, 1.807) is 12.1 Å². The molecule has 0 aliphatic rings. The van der Waals surface area contributed by atoms with Gasteiger partial charge in [0.15, 0.2) is 11.5 Å². The van der Waals surface area contributed by atoms with Gasteiger partial charge in [0.1, 0.15) is 0 Å². The van der Waals surface area contributed by atoms with Gasteiger partial charge >= 0.3 is 0 Å². The zero-order chi connectivity index (χ0) is 9.68. The lowest BCUT2D eigenvalue weighted by molar-refractivity contribution is 0.318. The van der Waals surface area contributed by atoms with Crippen molar-refractivity contribution in [3.05, 3.63) is 23.8 Å². The summed E-state index contributed by atoms with van der Waals surface area (Å²) in [5.74, 6) is 0.719. The number of hydrogen-bond donors (Lipinski definition) is 2. The molecule has 80 valence electrons. The number of ether oxygens (including phenoxy) is 1. The molecule has 0 fully saturated rings. The van der Waals surface area contributed by atoms with Crippen molar-refractivity contribution in [2.75, 3.05) is 13.2 Å². The molecule has 1 aromatic carbocycles. The highest BCUT2D eigenvalue weighted by molar-refractivity contribution is 5.85. The second kappa shape index (κ2) is 6.51. The van der Waals surface area contributed by atoms with Crippen LogP contribution in [0.4, 0.5) is 0 Å². The molecule has 1 rings (SSSR count). The zero-order valence-corrected chi connectivity index (χ0v) is 9.01. The third-order valence-corrected chi connectivity index (χ3v) is 1.76. The fourth-order valence-electron chi connectivity index (χ4n) is 1.16. The standard InChI is InChI=1S/C10H15NO2.ClH/c1-2-13-10-4-3-8(5-6-11)7-9(10)12;/h3-4,7,12H,2,5-6,11H2,1H3;1H. The summed E-state index contributed by atoms with van der Waals surface area (Å²) in [7, 11) is 0. The molecule has 14 heavy (non-hydrogen) atoms. The molecule has 0 unspecified atom stereocenters. The third kappa shape index (κ3) is 3.44. The normalized spacial score (nSPS) is 9.29. The largest absolute Gasteiger partial charge is 0.504 e. The van der Waals surface area contributed by atoms with E-state index in [0.717, 1.165) is 12.0 Å². The van der Waals surface area contributed by atoms with Gasteiger partial charge in [0.25, 0.3) is 0 Å². The van der Waals surface area contributed by atoms with Gasteiger partial charge in [-0.3, -0.25) is 0 Å². The molecule has 0 aliphatic carbocycles. The molecule has 3 nitrogen and oxygen atoms in total. The lowest BCUT2D eigenvalue weighted by atomic mass is 10.1. The molecule has 0 atom stereocenters. The van der Waals surface area contributed by atoms with Gasteiger partial charge < -0.3 is 15.6 Å². The van der Waals surface area contributed by atoms with Crippen LogP contribution >= 0.6 is 12.4 Å². The number of halogens is 1. The Kier molecular flexibility index (Phi) is 6.08. The minimum atomic E-state index is 0. The van der Waals surface area contributed by atoms with Crippen molar-refractivity contribution in [2.45, 2.75) is 13.3 Å². The Balaban J connectivity index is 0.00000169. The number of rotatable bonds is 4. The Morgan fingerprint density at radius 2 is 2.14 bits per heavy atom. The first-order valence-electron chi connectivity index (χ1n) is 4.42. The Labute approximate surface area is 90.3 Å². The van der Waals surface area contributed by atoms with Crippen LogP contribution in [0.2, 0.25) is 0 Å². The summed E-state index contributed by atoms with van der Waals surface area (Å²) in [6.45, 7) is 3.03. The molecule has 0 heterocycles. The number of nitrogens with two attached hydrogens (primary N) is 1. The summed E-state index contributed by atoms with van der Waals surface area (Å²) in [5.41, 5.74) is 6.43. The van der Waals surface area contributed by atoms with E-state index in [0.29, 0.717) is 18.9 Å². The highest BCUT2D eigenvalue weighted by Gasteiger charge is 2.01. The molecule has 3 N–H and O–H groups in total. The van der Waals surface area contributed by atoms with Crippen molar-refractivity contribution < 1.29 is 9.84 Å². The molecule has 0 bridgehead atoms. The second-order valence-electron chi connectivity index (χ2n) is 2.77. The average Bonchev–Trinajstić information content (AvgIpc) is 2.10. The number of phenols is 1. The minimum absolute atomic E-state index is 0. The molecule has 0 saturated carbocycles. The number of phenolic OH excluding ortho intramolecular Hbond substituents is 1. The van der Waals surface area contributed by atoms with Gasteiger partial charge in [0, 0.05) is 0 Å². The maximum atomic E-state index is 9.48. The number of hydrogen-bond acceptors (Lipinski definition) is 3.